The fraction of sp³-hybridized carbons (Fsp3) is 0.688. The molecule has 0 bridgehead atoms. The third-order valence-electron chi connectivity index (χ3n) is 4.24. The predicted octanol–water partition coefficient (Wildman–Crippen LogP) is -1.28. The van der Waals surface area contributed by atoms with Crippen LogP contribution in [0.1, 0.15) is 31.1 Å². The molecule has 0 aromatic carbocycles. The summed E-state index contributed by atoms with van der Waals surface area (Å²) in [4.78, 5) is 13.3. The lowest BCUT2D eigenvalue weighted by Gasteiger charge is -2.29. The first-order valence-electron chi connectivity index (χ1n) is 8.26. The van der Waals surface area contributed by atoms with Crippen LogP contribution < -0.4 is 15.5 Å². The number of amides is 1. The number of nitrogens with one attached hydrogen (secondary N) is 2. The lowest BCUT2D eigenvalue weighted by Crippen LogP contribution is -3.15. The fourth-order valence-corrected chi connectivity index (χ4v) is 3.07. The van der Waals surface area contributed by atoms with Gasteiger partial charge in [-0.1, -0.05) is 0 Å². The number of quaternary nitrogens is 2. The van der Waals surface area contributed by atoms with Crippen molar-refractivity contribution in [3.63, 3.8) is 0 Å². The third kappa shape index (κ3) is 5.44. The number of likely N-dealkylation sites (tertiary alicyclic amines) is 1. The van der Waals surface area contributed by atoms with Crippen molar-refractivity contribution in [1.82, 2.24) is 5.32 Å². The van der Waals surface area contributed by atoms with E-state index in [1.54, 1.807) is 18.3 Å². The molecule has 6 heteroatoms. The van der Waals surface area contributed by atoms with Crippen LogP contribution in [0.25, 0.3) is 0 Å². The molecule has 6 nitrogen and oxygen atoms in total. The average molecular weight is 311 g/mol. The van der Waals surface area contributed by atoms with Gasteiger partial charge in [-0.3, -0.25) is 4.79 Å². The maximum absolute atomic E-state index is 11.7. The molecular weight excluding hydrogens is 282 g/mol. The van der Waals surface area contributed by atoms with Crippen molar-refractivity contribution in [3.8, 4) is 0 Å². The molecule has 22 heavy (non-hydrogen) atoms. The summed E-state index contributed by atoms with van der Waals surface area (Å²) in [6.45, 7) is 4.84. The van der Waals surface area contributed by atoms with Gasteiger partial charge in [-0.15, -0.1) is 0 Å². The number of rotatable bonds is 9. The molecule has 0 aliphatic carbocycles. The van der Waals surface area contributed by atoms with E-state index in [4.69, 9.17) is 9.15 Å². The van der Waals surface area contributed by atoms with Gasteiger partial charge in [-0.05, 0) is 31.4 Å². The Labute approximate surface area is 132 Å². The van der Waals surface area contributed by atoms with Gasteiger partial charge in [0.05, 0.1) is 26.0 Å². The Morgan fingerprint density at radius 1 is 1.45 bits per heavy atom. The van der Waals surface area contributed by atoms with Crippen molar-refractivity contribution < 1.29 is 24.2 Å². The van der Waals surface area contributed by atoms with Crippen molar-refractivity contribution >= 4 is 5.91 Å². The number of nitrogens with two attached hydrogens (primary N) is 1. The van der Waals surface area contributed by atoms with Gasteiger partial charge in [0.1, 0.15) is 6.54 Å². The highest BCUT2D eigenvalue weighted by Crippen LogP contribution is 2.10. The smallest absolute Gasteiger partial charge is 0.275 e. The molecule has 1 aliphatic heterocycles. The maximum Gasteiger partial charge on any atom is 0.275 e. The molecule has 0 spiro atoms. The van der Waals surface area contributed by atoms with Crippen LogP contribution in [-0.4, -0.2) is 52.3 Å². The van der Waals surface area contributed by atoms with Crippen LogP contribution >= 0.6 is 0 Å². The standard InChI is InChI=1S/C16H27N3O3/c1-21-11-7-18-16(20)13-17-12-14(15-6-5-10-22-15)19-8-3-2-4-9-19/h5-6,10,14,17H,2-4,7-9,11-13H2,1H3,(H,18,20)/p+2/t14-/m0/s1. The van der Waals surface area contributed by atoms with E-state index in [0.29, 0.717) is 25.7 Å². The van der Waals surface area contributed by atoms with Gasteiger partial charge >= 0.3 is 0 Å². The summed E-state index contributed by atoms with van der Waals surface area (Å²) in [7, 11) is 1.63. The molecular formula is C16H29N3O3+2. The van der Waals surface area contributed by atoms with Gasteiger partial charge in [0, 0.05) is 13.7 Å². The van der Waals surface area contributed by atoms with E-state index >= 15 is 0 Å². The van der Waals surface area contributed by atoms with Crippen LogP contribution in [-0.2, 0) is 9.53 Å². The van der Waals surface area contributed by atoms with Gasteiger partial charge in [0.25, 0.3) is 5.91 Å². The SMILES string of the molecule is COCCNC(=O)C[NH2+]C[C@@H](c1ccco1)[NH+]1CCCCC1. The normalized spacial score (nSPS) is 17.3. The van der Waals surface area contributed by atoms with E-state index in [2.05, 4.69) is 16.7 Å². The van der Waals surface area contributed by atoms with Crippen molar-refractivity contribution in [2.24, 2.45) is 0 Å². The number of ether oxygens (including phenoxy) is 1. The third-order valence-corrected chi connectivity index (χ3v) is 4.24. The molecule has 1 amide bonds. The lowest BCUT2D eigenvalue weighted by atomic mass is 10.1. The lowest BCUT2D eigenvalue weighted by molar-refractivity contribution is -0.949. The first-order chi connectivity index (χ1) is 10.8. The molecule has 1 atom stereocenters. The van der Waals surface area contributed by atoms with Crippen molar-refractivity contribution in [2.45, 2.75) is 25.3 Å². The highest BCUT2D eigenvalue weighted by Gasteiger charge is 2.29. The Bertz CT molecular complexity index is 416. The van der Waals surface area contributed by atoms with E-state index in [1.807, 2.05) is 6.07 Å². The van der Waals surface area contributed by atoms with Gasteiger partial charge < -0.3 is 24.7 Å². The minimum Gasteiger partial charge on any atom is -0.463 e. The number of furan rings is 1. The first kappa shape index (κ1) is 17.0. The zero-order valence-electron chi connectivity index (χ0n) is 13.5. The van der Waals surface area contributed by atoms with E-state index < -0.39 is 0 Å². The second kappa shape index (κ2) is 9.61. The van der Waals surface area contributed by atoms with Crippen molar-refractivity contribution in [2.75, 3.05) is 46.4 Å². The molecule has 1 fully saturated rings. The van der Waals surface area contributed by atoms with Gasteiger partial charge in [0.15, 0.2) is 18.3 Å². The molecule has 0 radical (unpaired) electrons. The van der Waals surface area contributed by atoms with E-state index in [9.17, 15) is 4.79 Å². The number of hydrogen-bond acceptors (Lipinski definition) is 3. The van der Waals surface area contributed by atoms with E-state index in [1.165, 1.54) is 32.4 Å². The number of methoxy groups -OCH3 is 1. The molecule has 0 unspecified atom stereocenters. The predicted molar refractivity (Wildman–Crippen MR) is 82.5 cm³/mol. The molecule has 4 N–H and O–H groups in total. The second-order valence-corrected chi connectivity index (χ2v) is 5.86. The second-order valence-electron chi connectivity index (χ2n) is 5.86. The summed E-state index contributed by atoms with van der Waals surface area (Å²) < 4.78 is 10.6. The van der Waals surface area contributed by atoms with E-state index in [0.717, 1.165) is 12.3 Å². The fourth-order valence-electron chi connectivity index (χ4n) is 3.07. The molecule has 2 rings (SSSR count). The van der Waals surface area contributed by atoms with Crippen LogP contribution in [0, 0.1) is 0 Å². The van der Waals surface area contributed by atoms with Crippen molar-refractivity contribution in [1.29, 1.82) is 0 Å². The molecule has 1 saturated heterocycles. The molecule has 2 heterocycles. The summed E-state index contributed by atoms with van der Waals surface area (Å²) in [5.74, 6) is 1.09. The largest absolute Gasteiger partial charge is 0.463 e. The number of carbonyl (C=O) groups is 1. The summed E-state index contributed by atoms with van der Waals surface area (Å²) in [5.41, 5.74) is 0. The van der Waals surface area contributed by atoms with Gasteiger partial charge in [0.2, 0.25) is 0 Å². The summed E-state index contributed by atoms with van der Waals surface area (Å²) in [6.07, 6.45) is 5.64. The molecule has 0 saturated carbocycles. The van der Waals surface area contributed by atoms with Crippen LogP contribution in [0.4, 0.5) is 0 Å². The van der Waals surface area contributed by atoms with Crippen molar-refractivity contribution in [3.05, 3.63) is 24.2 Å². The Kier molecular flexibility index (Phi) is 7.42. The van der Waals surface area contributed by atoms with Gasteiger partial charge in [-0.2, -0.15) is 0 Å². The quantitative estimate of drug-likeness (QED) is 0.497. The maximum atomic E-state index is 11.7. The van der Waals surface area contributed by atoms with Gasteiger partial charge in [-0.25, -0.2) is 0 Å². The average Bonchev–Trinajstić information content (AvgIpc) is 3.07. The minimum absolute atomic E-state index is 0.0592. The Morgan fingerprint density at radius 2 is 2.27 bits per heavy atom. The number of carbonyl (C=O) groups excluding carboxylic acids is 1. The van der Waals surface area contributed by atoms with Crippen LogP contribution in [0.15, 0.2) is 22.8 Å². The number of hydrogen-bond donors (Lipinski definition) is 3. The zero-order chi connectivity index (χ0) is 15.6. The highest BCUT2D eigenvalue weighted by molar-refractivity contribution is 5.76. The molecule has 124 valence electrons. The minimum atomic E-state index is 0.0592. The van der Waals surface area contributed by atoms with E-state index in [-0.39, 0.29) is 5.91 Å². The topological polar surface area (TPSA) is 72.5 Å². The molecule has 1 aromatic heterocycles. The zero-order valence-corrected chi connectivity index (χ0v) is 13.5. The number of piperidine rings is 1. The highest BCUT2D eigenvalue weighted by atomic mass is 16.5. The van der Waals surface area contributed by atoms with Crippen LogP contribution in [0.3, 0.4) is 0 Å². The summed E-state index contributed by atoms with van der Waals surface area (Å²) >= 11 is 0. The van der Waals surface area contributed by atoms with Crippen LogP contribution in [0.2, 0.25) is 0 Å². The summed E-state index contributed by atoms with van der Waals surface area (Å²) in [5, 5.41) is 4.93. The monoisotopic (exact) mass is 311 g/mol. The molecule has 1 aromatic rings. The van der Waals surface area contributed by atoms with Crippen LogP contribution in [0.5, 0.6) is 0 Å². The Morgan fingerprint density at radius 3 is 2.95 bits per heavy atom. The Balaban J connectivity index is 1.78. The molecule has 1 aliphatic rings. The Hall–Kier alpha value is -1.37. The summed E-state index contributed by atoms with van der Waals surface area (Å²) in [6, 6.07) is 4.34. The first-order valence-corrected chi connectivity index (χ1v) is 8.26.